The van der Waals surface area contributed by atoms with Gasteiger partial charge in [0.2, 0.25) is 0 Å². The quantitative estimate of drug-likeness (QED) is 0.449. The number of ether oxygens (including phenoxy) is 3. The molecule has 3 rings (SSSR count). The molecule has 23 heavy (non-hydrogen) atoms. The van der Waals surface area contributed by atoms with E-state index in [4.69, 9.17) is 14.2 Å². The largest absolute Gasteiger partial charge is 0.460 e. The van der Waals surface area contributed by atoms with Gasteiger partial charge in [0.15, 0.2) is 6.10 Å². The lowest BCUT2D eigenvalue weighted by Crippen LogP contribution is -2.52. The average molecular weight is 322 g/mol. The van der Waals surface area contributed by atoms with E-state index in [9.17, 15) is 14.4 Å². The minimum atomic E-state index is -0.916. The maximum absolute atomic E-state index is 12.2. The van der Waals surface area contributed by atoms with Crippen molar-refractivity contribution in [1.29, 1.82) is 0 Å². The van der Waals surface area contributed by atoms with Gasteiger partial charge in [-0.2, -0.15) is 0 Å². The first-order valence-corrected chi connectivity index (χ1v) is 7.93. The Hall–Kier alpha value is -1.85. The third-order valence-electron chi connectivity index (χ3n) is 5.49. The second-order valence-corrected chi connectivity index (χ2v) is 7.49. The van der Waals surface area contributed by atoms with Crippen LogP contribution in [0.2, 0.25) is 0 Å². The average Bonchev–Trinajstić information content (AvgIpc) is 2.60. The smallest absolute Gasteiger partial charge is 0.347 e. The lowest BCUT2D eigenvalue weighted by molar-refractivity contribution is -0.183. The molecule has 6 nitrogen and oxygen atoms in total. The molecule has 0 aromatic rings. The molecule has 2 aliphatic heterocycles. The summed E-state index contributed by atoms with van der Waals surface area (Å²) >= 11 is 0. The molecule has 3 aliphatic rings. The molecule has 126 valence electrons. The lowest BCUT2D eigenvalue weighted by atomic mass is 9.59. The van der Waals surface area contributed by atoms with Crippen LogP contribution in [-0.4, -0.2) is 35.7 Å². The number of hydrogen-bond acceptors (Lipinski definition) is 6. The summed E-state index contributed by atoms with van der Waals surface area (Å²) in [6, 6.07) is 0. The molecule has 2 saturated heterocycles. The van der Waals surface area contributed by atoms with Crippen LogP contribution in [0.15, 0.2) is 12.2 Å². The van der Waals surface area contributed by atoms with E-state index in [1.807, 2.05) is 13.8 Å². The van der Waals surface area contributed by atoms with Gasteiger partial charge in [0.1, 0.15) is 11.7 Å². The molecule has 6 heteroatoms. The maximum Gasteiger partial charge on any atom is 0.347 e. The van der Waals surface area contributed by atoms with E-state index in [2.05, 4.69) is 6.58 Å². The van der Waals surface area contributed by atoms with Crippen LogP contribution in [0.25, 0.3) is 0 Å². The Morgan fingerprint density at radius 2 is 1.91 bits per heavy atom. The molecule has 2 heterocycles. The fourth-order valence-electron chi connectivity index (χ4n) is 4.08. The Balaban J connectivity index is 1.99. The summed E-state index contributed by atoms with van der Waals surface area (Å²) in [5.41, 5.74) is -1.08. The van der Waals surface area contributed by atoms with Crippen LogP contribution in [0.5, 0.6) is 0 Å². The van der Waals surface area contributed by atoms with Gasteiger partial charge in [-0.3, -0.25) is 4.79 Å². The Labute approximate surface area is 135 Å². The summed E-state index contributed by atoms with van der Waals surface area (Å²) in [7, 11) is 0. The molecule has 3 fully saturated rings. The van der Waals surface area contributed by atoms with Crippen molar-refractivity contribution in [1.82, 2.24) is 0 Å². The second-order valence-electron chi connectivity index (χ2n) is 7.49. The van der Waals surface area contributed by atoms with Gasteiger partial charge in [0.05, 0.1) is 5.92 Å². The number of hydrogen-bond donors (Lipinski definition) is 0. The van der Waals surface area contributed by atoms with Gasteiger partial charge in [-0.05, 0) is 40.0 Å². The van der Waals surface area contributed by atoms with Gasteiger partial charge in [-0.25, -0.2) is 9.59 Å². The molecule has 0 N–H and O–H groups in total. The van der Waals surface area contributed by atoms with E-state index in [0.29, 0.717) is 31.3 Å². The Kier molecular flexibility index (Phi) is 3.54. The zero-order chi connectivity index (χ0) is 17.0. The second kappa shape index (κ2) is 5.08. The molecular formula is C17H22O6. The van der Waals surface area contributed by atoms with Crippen molar-refractivity contribution in [3.63, 3.8) is 0 Å². The molecule has 0 radical (unpaired) electrons. The lowest BCUT2D eigenvalue weighted by Gasteiger charge is -2.49. The van der Waals surface area contributed by atoms with Crippen molar-refractivity contribution in [3.05, 3.63) is 12.2 Å². The van der Waals surface area contributed by atoms with Gasteiger partial charge < -0.3 is 14.2 Å². The first-order valence-electron chi connectivity index (χ1n) is 7.93. The predicted octanol–water partition coefficient (Wildman–Crippen LogP) is 1.91. The summed E-state index contributed by atoms with van der Waals surface area (Å²) in [4.78, 5) is 36.4. The SMILES string of the molecule is C=C(C)C(=O)OC(C)(C)C12CC3CC(C1)C(=O)OC(C2)C(=O)O3. The number of carbonyl (C=O) groups is 3. The van der Waals surface area contributed by atoms with Gasteiger partial charge in [-0.15, -0.1) is 0 Å². The minimum Gasteiger partial charge on any atom is -0.460 e. The minimum absolute atomic E-state index is 0.318. The zero-order valence-electron chi connectivity index (χ0n) is 13.7. The molecule has 1 aliphatic carbocycles. The summed E-state index contributed by atoms with van der Waals surface area (Å²) in [6.07, 6.45) is 0.651. The zero-order valence-corrected chi connectivity index (χ0v) is 13.7. The molecule has 4 atom stereocenters. The molecule has 0 aromatic heterocycles. The number of rotatable bonds is 3. The monoisotopic (exact) mass is 322 g/mol. The van der Waals surface area contributed by atoms with Crippen LogP contribution in [0.3, 0.4) is 0 Å². The molecule has 0 amide bonds. The van der Waals surface area contributed by atoms with Crippen molar-refractivity contribution >= 4 is 17.9 Å². The number of esters is 3. The van der Waals surface area contributed by atoms with E-state index < -0.39 is 29.1 Å². The van der Waals surface area contributed by atoms with E-state index in [1.165, 1.54) is 0 Å². The van der Waals surface area contributed by atoms with E-state index in [0.717, 1.165) is 0 Å². The fourth-order valence-corrected chi connectivity index (χ4v) is 4.08. The van der Waals surface area contributed by atoms with Crippen LogP contribution < -0.4 is 0 Å². The van der Waals surface area contributed by atoms with Crippen LogP contribution >= 0.6 is 0 Å². The van der Waals surface area contributed by atoms with Crippen LogP contribution in [0.4, 0.5) is 0 Å². The fraction of sp³-hybridized carbons (Fsp3) is 0.706. The normalized spacial score (nSPS) is 35.9. The van der Waals surface area contributed by atoms with Crippen molar-refractivity contribution in [2.75, 3.05) is 0 Å². The van der Waals surface area contributed by atoms with Crippen LogP contribution in [0, 0.1) is 11.3 Å². The summed E-state index contributed by atoms with van der Waals surface area (Å²) in [6.45, 7) is 8.87. The Morgan fingerprint density at radius 3 is 2.57 bits per heavy atom. The highest BCUT2D eigenvalue weighted by molar-refractivity contribution is 5.87. The molecule has 1 saturated carbocycles. The van der Waals surface area contributed by atoms with E-state index >= 15 is 0 Å². The summed E-state index contributed by atoms with van der Waals surface area (Å²) < 4.78 is 16.5. The topological polar surface area (TPSA) is 78.9 Å². The van der Waals surface area contributed by atoms with Crippen LogP contribution in [0.1, 0.15) is 46.5 Å². The number of carbonyl (C=O) groups excluding carboxylic acids is 3. The number of fused-ring (bicyclic) bond motifs is 3. The maximum atomic E-state index is 12.2. The van der Waals surface area contributed by atoms with E-state index in [-0.39, 0.29) is 18.0 Å². The van der Waals surface area contributed by atoms with Gasteiger partial charge >= 0.3 is 17.9 Å². The summed E-state index contributed by atoms with van der Waals surface area (Å²) in [5, 5.41) is 0. The molecule has 0 aromatic carbocycles. The Morgan fingerprint density at radius 1 is 1.22 bits per heavy atom. The first-order chi connectivity index (χ1) is 10.6. The molecule has 0 spiro atoms. The molecule has 4 unspecified atom stereocenters. The third kappa shape index (κ3) is 2.54. The van der Waals surface area contributed by atoms with Crippen molar-refractivity contribution in [3.8, 4) is 0 Å². The highest BCUT2D eigenvalue weighted by atomic mass is 16.6. The molecule has 4 bridgehead atoms. The highest BCUT2D eigenvalue weighted by Gasteiger charge is 2.60. The highest BCUT2D eigenvalue weighted by Crippen LogP contribution is 2.56. The van der Waals surface area contributed by atoms with Crippen LogP contribution in [-0.2, 0) is 28.6 Å². The third-order valence-corrected chi connectivity index (χ3v) is 5.49. The molecular weight excluding hydrogens is 300 g/mol. The standard InChI is InChI=1S/C17H22O6/c1-9(2)13(18)23-16(3,4)17-6-10-5-11(7-17)21-15(20)12(8-17)22-14(10)19/h10-12H,1,5-8H2,2-4H3. The van der Waals surface area contributed by atoms with Gasteiger partial charge in [-0.1, -0.05) is 6.58 Å². The summed E-state index contributed by atoms with van der Waals surface area (Å²) in [5.74, 6) is -1.63. The van der Waals surface area contributed by atoms with Gasteiger partial charge in [0.25, 0.3) is 0 Å². The van der Waals surface area contributed by atoms with E-state index in [1.54, 1.807) is 6.92 Å². The Bertz CT molecular complexity index is 590. The van der Waals surface area contributed by atoms with Crippen molar-refractivity contribution < 1.29 is 28.6 Å². The van der Waals surface area contributed by atoms with Crippen molar-refractivity contribution in [2.45, 2.75) is 64.3 Å². The van der Waals surface area contributed by atoms with Gasteiger partial charge in [0, 0.05) is 17.4 Å². The first kappa shape index (κ1) is 16.0. The van der Waals surface area contributed by atoms with Crippen molar-refractivity contribution in [2.24, 2.45) is 11.3 Å². The predicted molar refractivity (Wildman–Crippen MR) is 79.1 cm³/mol.